The Labute approximate surface area is 274 Å². The van der Waals surface area contributed by atoms with E-state index in [1.807, 2.05) is 13.8 Å². The Morgan fingerprint density at radius 3 is 2.33 bits per heavy atom. The number of benzene rings is 1. The number of hydrogen-bond acceptors (Lipinski definition) is 14. The van der Waals surface area contributed by atoms with Crippen LogP contribution < -0.4 is 0 Å². The first-order chi connectivity index (χ1) is 22.9. The fraction of sp³-hybridized carbons (Fsp3) is 0.676. The molecule has 0 amide bonds. The number of carbonyl (C=O) groups excluding carboxylic acids is 3. The molecule has 0 radical (unpaired) electrons. The van der Waals surface area contributed by atoms with Gasteiger partial charge in [0, 0.05) is 23.3 Å². The zero-order valence-corrected chi connectivity index (χ0v) is 26.6. The molecule has 1 aromatic carbocycles. The van der Waals surface area contributed by atoms with Crippen molar-refractivity contribution < 1.29 is 68.0 Å². The third-order valence-corrected chi connectivity index (χ3v) is 12.7. The minimum Gasteiger partial charge on any atom is -0.458 e. The van der Waals surface area contributed by atoms with Gasteiger partial charge in [-0.15, -0.1) is 0 Å². The Hall–Kier alpha value is -2.95. The summed E-state index contributed by atoms with van der Waals surface area (Å²) >= 11 is 0. The van der Waals surface area contributed by atoms with Crippen molar-refractivity contribution in [2.24, 2.45) is 17.3 Å². The number of hydrogen-bond donors (Lipinski definition) is 4. The van der Waals surface area contributed by atoms with E-state index in [1.54, 1.807) is 6.07 Å². The molecule has 1 aromatic rings. The Bertz CT molecular complexity index is 1650. The molecule has 14 heteroatoms. The van der Waals surface area contributed by atoms with Crippen molar-refractivity contribution in [1.29, 1.82) is 0 Å². The van der Waals surface area contributed by atoms with Gasteiger partial charge in [-0.2, -0.15) is 0 Å². The van der Waals surface area contributed by atoms with Gasteiger partial charge in [-0.1, -0.05) is 32.9 Å². The standard InChI is InChI=1S/C34H38O14/c1-13(2)33-24(47-33)25-34(48-25)31(3)9-8-16-17(12-42-26(16)39)20(31)18-10-32(34,46-18)30(33)45-28(41)15-7-5-4-6-14(15)27(40)44-29-23(38)22(37)21(36)19(11-35)43-29/h4-7,13,18-25,29-30,35-38H,8-12H2,1-3H3/t18?,19?,20-,21-,22?,23?,24+,25+,29-,30+,31+,32-,33+,34-/m1/s1. The zero-order chi connectivity index (χ0) is 33.7. The maximum atomic E-state index is 14.2. The Balaban J connectivity index is 1.03. The fourth-order valence-electron chi connectivity index (χ4n) is 10.4. The molecule has 48 heavy (non-hydrogen) atoms. The van der Waals surface area contributed by atoms with Crippen molar-refractivity contribution in [3.63, 3.8) is 0 Å². The van der Waals surface area contributed by atoms with Crippen molar-refractivity contribution >= 4 is 17.9 Å². The summed E-state index contributed by atoms with van der Waals surface area (Å²) in [7, 11) is 0. The van der Waals surface area contributed by atoms with Crippen molar-refractivity contribution in [2.75, 3.05) is 13.2 Å². The quantitative estimate of drug-likeness (QED) is 0.178. The third-order valence-electron chi connectivity index (χ3n) is 12.7. The van der Waals surface area contributed by atoms with Gasteiger partial charge in [0.1, 0.15) is 60.0 Å². The summed E-state index contributed by atoms with van der Waals surface area (Å²) < 4.78 is 42.7. The number of carbonyl (C=O) groups is 3. The summed E-state index contributed by atoms with van der Waals surface area (Å²) in [6.07, 6.45) is -8.19. The van der Waals surface area contributed by atoms with E-state index in [4.69, 9.17) is 33.2 Å². The van der Waals surface area contributed by atoms with Crippen LogP contribution in [0, 0.1) is 17.3 Å². The van der Waals surface area contributed by atoms with Crippen molar-refractivity contribution in [1.82, 2.24) is 0 Å². The Morgan fingerprint density at radius 1 is 0.979 bits per heavy atom. The van der Waals surface area contributed by atoms with E-state index in [9.17, 15) is 34.8 Å². The molecule has 4 unspecified atom stereocenters. The molecule has 0 aromatic heterocycles. The highest BCUT2D eigenvalue weighted by atomic mass is 16.7. The molecule has 5 saturated heterocycles. The second-order valence-electron chi connectivity index (χ2n) is 15.0. The first-order valence-electron chi connectivity index (χ1n) is 16.6. The van der Waals surface area contributed by atoms with Crippen LogP contribution in [0.4, 0.5) is 0 Å². The maximum Gasteiger partial charge on any atom is 0.341 e. The van der Waals surface area contributed by atoms with E-state index in [2.05, 4.69) is 6.92 Å². The average Bonchev–Trinajstić information content (AvgIpc) is 3.95. The number of ether oxygens (including phenoxy) is 7. The SMILES string of the molecule is CC(C)[C@]12O[C@H]1[C@@H]1O[C@@]13[C@@]1(C)CCC4=C(COC4=O)[C@@H]1C1C[C@@]3(O1)[C@@H]2OC(=O)c1ccccc1C(=O)O[C@H]1OC(CO)[C@@H](O)C(O)C1O. The van der Waals surface area contributed by atoms with E-state index in [0.29, 0.717) is 19.3 Å². The maximum absolute atomic E-state index is 14.2. The molecular weight excluding hydrogens is 632 g/mol. The van der Waals surface area contributed by atoms with Gasteiger partial charge in [-0.3, -0.25) is 0 Å². The number of aliphatic hydroxyl groups excluding tert-OH is 4. The molecule has 7 fully saturated rings. The number of epoxide rings is 2. The monoisotopic (exact) mass is 670 g/mol. The van der Waals surface area contributed by atoms with Crippen molar-refractivity contribution in [2.45, 2.75) is 112 Å². The summed E-state index contributed by atoms with van der Waals surface area (Å²) in [6.45, 7) is 5.72. The first kappa shape index (κ1) is 31.1. The molecular formula is C34H38O14. The third kappa shape index (κ3) is 3.52. The molecule has 2 saturated carbocycles. The lowest BCUT2D eigenvalue weighted by molar-refractivity contribution is -0.365. The van der Waals surface area contributed by atoms with Crippen LogP contribution in [0.15, 0.2) is 35.4 Å². The summed E-state index contributed by atoms with van der Waals surface area (Å²) in [6, 6.07) is 5.87. The van der Waals surface area contributed by atoms with Crippen molar-refractivity contribution in [3.8, 4) is 0 Å². The van der Waals surface area contributed by atoms with Crippen molar-refractivity contribution in [3.05, 3.63) is 46.5 Å². The number of aliphatic hydroxyl groups is 4. The number of fused-ring (bicyclic) bond motifs is 2. The smallest absolute Gasteiger partial charge is 0.341 e. The van der Waals surface area contributed by atoms with Crippen LogP contribution in [-0.2, 0) is 38.0 Å². The van der Waals surface area contributed by atoms with Gasteiger partial charge in [0.05, 0.1) is 23.8 Å². The molecule has 9 aliphatic rings. The van der Waals surface area contributed by atoms with Crippen LogP contribution in [0.5, 0.6) is 0 Å². The normalized spacial score (nSPS) is 49.0. The molecule has 10 rings (SSSR count). The van der Waals surface area contributed by atoms with E-state index in [0.717, 1.165) is 11.1 Å². The number of rotatable bonds is 6. The molecule has 3 aliphatic carbocycles. The van der Waals surface area contributed by atoms with E-state index in [1.165, 1.54) is 18.2 Å². The van der Waals surface area contributed by atoms with E-state index < -0.39 is 77.6 Å². The van der Waals surface area contributed by atoms with E-state index in [-0.39, 0.29) is 53.9 Å². The molecule has 6 heterocycles. The van der Waals surface area contributed by atoms with Crippen LogP contribution >= 0.6 is 0 Å². The van der Waals surface area contributed by atoms with Gasteiger partial charge in [-0.05, 0) is 36.5 Å². The minimum absolute atomic E-state index is 0.0841. The molecule has 2 bridgehead atoms. The molecule has 258 valence electrons. The molecule has 14 atom stereocenters. The Kier molecular flexibility index (Phi) is 6.37. The molecule has 4 N–H and O–H groups in total. The molecule has 14 nitrogen and oxygen atoms in total. The highest BCUT2D eigenvalue weighted by Crippen LogP contribution is 2.82. The summed E-state index contributed by atoms with van der Waals surface area (Å²) in [5.41, 5.74) is -1.74. The Morgan fingerprint density at radius 2 is 1.67 bits per heavy atom. The first-order valence-corrected chi connectivity index (χ1v) is 16.6. The topological polar surface area (TPSA) is 203 Å². The second-order valence-corrected chi connectivity index (χ2v) is 15.0. The van der Waals surface area contributed by atoms with Gasteiger partial charge in [-0.25, -0.2) is 14.4 Å². The zero-order valence-electron chi connectivity index (χ0n) is 26.6. The van der Waals surface area contributed by atoms with Crippen LogP contribution in [0.2, 0.25) is 0 Å². The van der Waals surface area contributed by atoms with Gasteiger partial charge in [0.25, 0.3) is 0 Å². The summed E-state index contributed by atoms with van der Waals surface area (Å²) in [5, 5.41) is 40.2. The molecule has 6 aliphatic heterocycles. The summed E-state index contributed by atoms with van der Waals surface area (Å²) in [4.78, 5) is 40.1. The summed E-state index contributed by atoms with van der Waals surface area (Å²) in [5.74, 6) is -2.31. The second kappa shape index (κ2) is 9.85. The lowest BCUT2D eigenvalue weighted by Gasteiger charge is -2.70. The highest BCUT2D eigenvalue weighted by Gasteiger charge is 2.99. The predicted molar refractivity (Wildman–Crippen MR) is 156 cm³/mol. The van der Waals surface area contributed by atoms with Gasteiger partial charge in [0.2, 0.25) is 6.29 Å². The van der Waals surface area contributed by atoms with Gasteiger partial charge >= 0.3 is 17.9 Å². The van der Waals surface area contributed by atoms with Crippen LogP contribution in [-0.4, -0.2) is 123 Å². The molecule has 2 spiro atoms. The van der Waals surface area contributed by atoms with Crippen LogP contribution in [0.25, 0.3) is 0 Å². The minimum atomic E-state index is -1.81. The number of esters is 3. The lowest BCUT2D eigenvalue weighted by atomic mass is 9.42. The number of cyclic esters (lactones) is 1. The fourth-order valence-corrected chi connectivity index (χ4v) is 10.4. The average molecular weight is 671 g/mol. The van der Waals surface area contributed by atoms with Crippen LogP contribution in [0.3, 0.4) is 0 Å². The van der Waals surface area contributed by atoms with Crippen LogP contribution in [0.1, 0.15) is 60.7 Å². The van der Waals surface area contributed by atoms with Gasteiger partial charge in [0.15, 0.2) is 6.10 Å². The van der Waals surface area contributed by atoms with E-state index >= 15 is 0 Å². The lowest BCUT2D eigenvalue weighted by Crippen LogP contribution is -2.84. The van der Waals surface area contributed by atoms with Gasteiger partial charge < -0.3 is 53.6 Å². The highest BCUT2D eigenvalue weighted by molar-refractivity contribution is 6.03. The largest absolute Gasteiger partial charge is 0.458 e. The predicted octanol–water partition coefficient (Wildman–Crippen LogP) is -0.0755.